The van der Waals surface area contributed by atoms with Crippen LogP contribution >= 0.6 is 0 Å². The minimum absolute atomic E-state index is 0.0737. The van der Waals surface area contributed by atoms with E-state index in [1.165, 1.54) is 12.4 Å². The number of aromatic nitrogens is 1. The highest BCUT2D eigenvalue weighted by Crippen LogP contribution is 2.19. The van der Waals surface area contributed by atoms with Crippen LogP contribution in [0, 0.1) is 0 Å². The maximum Gasteiger partial charge on any atom is 0.453 e. The normalized spacial score (nSPS) is 15.7. The Morgan fingerprint density at radius 1 is 1.20 bits per heavy atom. The number of pyridine rings is 1. The maximum atomic E-state index is 12.1. The molecule has 7 heteroatoms. The SMILES string of the molecule is FC(F)(F)C1=NC(c2cccnc2)=N[N]1. The Morgan fingerprint density at radius 2 is 2.00 bits per heavy atom. The standard InChI is InChI=1S/C8H4F3N4/c9-8(10,11)7-13-6(14-15-7)5-2-1-3-12-4-5/h1-4H. The second-order valence-corrected chi connectivity index (χ2v) is 2.70. The quantitative estimate of drug-likeness (QED) is 0.694. The largest absolute Gasteiger partial charge is 0.453 e. The van der Waals surface area contributed by atoms with Crippen LogP contribution in [0.4, 0.5) is 13.2 Å². The van der Waals surface area contributed by atoms with Crippen LogP contribution in [0.1, 0.15) is 5.56 Å². The van der Waals surface area contributed by atoms with Crippen molar-refractivity contribution in [1.82, 2.24) is 10.4 Å². The zero-order valence-electron chi connectivity index (χ0n) is 7.23. The molecule has 0 aliphatic carbocycles. The van der Waals surface area contributed by atoms with Gasteiger partial charge in [0.25, 0.3) is 5.84 Å². The molecule has 15 heavy (non-hydrogen) atoms. The monoisotopic (exact) mass is 213 g/mol. The third kappa shape index (κ3) is 1.95. The number of amidine groups is 2. The summed E-state index contributed by atoms with van der Waals surface area (Å²) < 4.78 is 36.4. The molecule has 0 spiro atoms. The molecule has 4 nitrogen and oxygen atoms in total. The van der Waals surface area contributed by atoms with Crippen molar-refractivity contribution in [2.24, 2.45) is 10.1 Å². The first-order chi connectivity index (χ1) is 7.07. The average molecular weight is 213 g/mol. The molecule has 0 aromatic carbocycles. The fourth-order valence-electron chi connectivity index (χ4n) is 0.977. The zero-order chi connectivity index (χ0) is 10.9. The van der Waals surface area contributed by atoms with Gasteiger partial charge >= 0.3 is 6.18 Å². The molecule has 77 valence electrons. The molecule has 0 fully saturated rings. The lowest BCUT2D eigenvalue weighted by Crippen LogP contribution is -2.27. The number of nitrogens with zero attached hydrogens (tertiary/aromatic N) is 4. The fraction of sp³-hybridized carbons (Fsp3) is 0.125. The molecule has 2 rings (SSSR count). The molecule has 0 saturated heterocycles. The summed E-state index contributed by atoms with van der Waals surface area (Å²) in [6, 6.07) is 3.14. The molecule has 1 aromatic rings. The van der Waals surface area contributed by atoms with Crippen LogP contribution in [0.2, 0.25) is 0 Å². The molecular weight excluding hydrogens is 209 g/mol. The summed E-state index contributed by atoms with van der Waals surface area (Å²) in [5.41, 5.74) is 3.35. The van der Waals surface area contributed by atoms with Gasteiger partial charge < -0.3 is 0 Å². The van der Waals surface area contributed by atoms with E-state index in [1.54, 1.807) is 12.1 Å². The highest BCUT2D eigenvalue weighted by atomic mass is 19.4. The molecule has 1 aliphatic heterocycles. The van der Waals surface area contributed by atoms with Gasteiger partial charge in [0.2, 0.25) is 0 Å². The van der Waals surface area contributed by atoms with E-state index in [9.17, 15) is 13.2 Å². The molecule has 0 N–H and O–H groups in total. The lowest BCUT2D eigenvalue weighted by molar-refractivity contribution is -0.0614. The predicted molar refractivity (Wildman–Crippen MR) is 46.4 cm³/mol. The predicted octanol–water partition coefficient (Wildman–Crippen LogP) is 1.32. The first-order valence-corrected chi connectivity index (χ1v) is 3.92. The fourth-order valence-corrected chi connectivity index (χ4v) is 0.977. The van der Waals surface area contributed by atoms with Gasteiger partial charge in [-0.1, -0.05) is 0 Å². The second kappa shape index (κ2) is 3.34. The van der Waals surface area contributed by atoms with Gasteiger partial charge in [-0.25, -0.2) is 4.99 Å². The molecule has 0 atom stereocenters. The molecule has 0 saturated carbocycles. The van der Waals surface area contributed by atoms with Crippen molar-refractivity contribution < 1.29 is 13.2 Å². The van der Waals surface area contributed by atoms with E-state index in [-0.39, 0.29) is 5.84 Å². The van der Waals surface area contributed by atoms with Crippen molar-refractivity contribution in [1.29, 1.82) is 0 Å². The van der Waals surface area contributed by atoms with E-state index >= 15 is 0 Å². The first-order valence-electron chi connectivity index (χ1n) is 3.92. The summed E-state index contributed by atoms with van der Waals surface area (Å²) in [5, 5.41) is 3.33. The summed E-state index contributed by atoms with van der Waals surface area (Å²) in [4.78, 5) is 7.01. The topological polar surface area (TPSA) is 51.7 Å². The van der Waals surface area contributed by atoms with Crippen molar-refractivity contribution in [2.75, 3.05) is 0 Å². The number of alkyl halides is 3. The molecule has 1 aromatic heterocycles. The number of hydrogen-bond acceptors (Lipinski definition) is 3. The third-order valence-corrected chi connectivity index (χ3v) is 1.62. The number of hydrogen-bond donors (Lipinski definition) is 0. The van der Waals surface area contributed by atoms with Gasteiger partial charge in [-0.2, -0.15) is 13.2 Å². The summed E-state index contributed by atoms with van der Waals surface area (Å²) in [6.45, 7) is 0. The van der Waals surface area contributed by atoms with Crippen LogP contribution < -0.4 is 5.43 Å². The lowest BCUT2D eigenvalue weighted by atomic mass is 10.3. The Hall–Kier alpha value is -1.92. The molecular formula is C8H4F3N4. The van der Waals surface area contributed by atoms with Crippen molar-refractivity contribution in [2.45, 2.75) is 6.18 Å². The minimum Gasteiger partial charge on any atom is -0.264 e. The van der Waals surface area contributed by atoms with E-state index in [0.29, 0.717) is 5.56 Å². The molecule has 1 radical (unpaired) electrons. The van der Waals surface area contributed by atoms with E-state index in [4.69, 9.17) is 0 Å². The second-order valence-electron chi connectivity index (χ2n) is 2.70. The summed E-state index contributed by atoms with van der Waals surface area (Å²) in [6.07, 6.45) is -1.69. The summed E-state index contributed by atoms with van der Waals surface area (Å²) >= 11 is 0. The Balaban J connectivity index is 2.26. The van der Waals surface area contributed by atoms with Crippen LogP contribution in [0.3, 0.4) is 0 Å². The third-order valence-electron chi connectivity index (χ3n) is 1.62. The summed E-state index contributed by atoms with van der Waals surface area (Å²) in [5.74, 6) is -1.31. The van der Waals surface area contributed by atoms with Gasteiger partial charge in [-0.3, -0.25) is 4.98 Å². The Kier molecular flexibility index (Phi) is 2.14. The van der Waals surface area contributed by atoms with Crippen LogP contribution in [-0.2, 0) is 0 Å². The average Bonchev–Trinajstić information content (AvgIpc) is 2.67. The Labute approximate surface area is 82.5 Å². The van der Waals surface area contributed by atoms with Crippen LogP contribution in [0.5, 0.6) is 0 Å². The molecule has 0 amide bonds. The molecule has 2 heterocycles. The molecule has 0 unspecified atom stereocenters. The van der Waals surface area contributed by atoms with Gasteiger partial charge in [-0.05, 0) is 12.1 Å². The van der Waals surface area contributed by atoms with E-state index in [2.05, 4.69) is 20.5 Å². The minimum atomic E-state index is -4.56. The maximum absolute atomic E-state index is 12.1. The van der Waals surface area contributed by atoms with E-state index in [0.717, 1.165) is 0 Å². The van der Waals surface area contributed by atoms with Gasteiger partial charge in [0.15, 0.2) is 5.84 Å². The first kappa shape index (κ1) is 9.63. The van der Waals surface area contributed by atoms with Gasteiger partial charge in [0, 0.05) is 18.0 Å². The van der Waals surface area contributed by atoms with Crippen molar-refractivity contribution in [3.05, 3.63) is 30.1 Å². The van der Waals surface area contributed by atoms with Crippen molar-refractivity contribution >= 4 is 11.7 Å². The highest BCUT2D eigenvalue weighted by Gasteiger charge is 2.40. The van der Waals surface area contributed by atoms with Crippen LogP contribution in [-0.4, -0.2) is 22.8 Å². The lowest BCUT2D eigenvalue weighted by Gasteiger charge is -2.00. The number of halogens is 3. The number of rotatable bonds is 1. The van der Waals surface area contributed by atoms with Crippen molar-refractivity contribution in [3.8, 4) is 0 Å². The Morgan fingerprint density at radius 3 is 2.53 bits per heavy atom. The van der Waals surface area contributed by atoms with Crippen LogP contribution in [0.15, 0.2) is 34.6 Å². The van der Waals surface area contributed by atoms with Crippen LogP contribution in [0.25, 0.3) is 0 Å². The number of aliphatic imine (C=N–C) groups is 1. The summed E-state index contributed by atoms with van der Waals surface area (Å²) in [7, 11) is 0. The van der Waals surface area contributed by atoms with Gasteiger partial charge in [-0.15, -0.1) is 10.5 Å². The zero-order valence-corrected chi connectivity index (χ0v) is 7.23. The molecule has 1 aliphatic rings. The smallest absolute Gasteiger partial charge is 0.264 e. The van der Waals surface area contributed by atoms with Crippen molar-refractivity contribution in [3.63, 3.8) is 0 Å². The Bertz CT molecular complexity index is 421. The van der Waals surface area contributed by atoms with E-state index < -0.39 is 12.0 Å². The molecule has 0 bridgehead atoms. The van der Waals surface area contributed by atoms with Gasteiger partial charge in [0.1, 0.15) is 0 Å². The van der Waals surface area contributed by atoms with E-state index in [1.807, 2.05) is 0 Å². The highest BCUT2D eigenvalue weighted by molar-refractivity contribution is 6.10. The van der Waals surface area contributed by atoms with Gasteiger partial charge in [0.05, 0.1) is 0 Å².